The van der Waals surface area contributed by atoms with Crippen molar-refractivity contribution in [3.8, 4) is 0 Å². The summed E-state index contributed by atoms with van der Waals surface area (Å²) < 4.78 is 19.4. The number of carboxylic acid groups (broad SMARTS) is 1. The number of ether oxygens (including phenoxy) is 1. The molecule has 2 amide bonds. The lowest BCUT2D eigenvalue weighted by Crippen LogP contribution is -2.38. The van der Waals surface area contributed by atoms with Gasteiger partial charge in [0, 0.05) is 30.8 Å². The molecule has 0 radical (unpaired) electrons. The van der Waals surface area contributed by atoms with Gasteiger partial charge in [-0.3, -0.25) is 9.59 Å². The first-order valence-corrected chi connectivity index (χ1v) is 8.13. The van der Waals surface area contributed by atoms with Gasteiger partial charge in [0.25, 0.3) is 11.8 Å². The minimum absolute atomic E-state index is 0.0358. The van der Waals surface area contributed by atoms with Gasteiger partial charge in [0.15, 0.2) is 0 Å². The van der Waals surface area contributed by atoms with Crippen LogP contribution in [-0.2, 0) is 14.3 Å². The van der Waals surface area contributed by atoms with Gasteiger partial charge in [0.2, 0.25) is 5.67 Å². The molecule has 0 saturated carbocycles. The summed E-state index contributed by atoms with van der Waals surface area (Å²) in [5.74, 6) is -2.29. The van der Waals surface area contributed by atoms with E-state index in [1.54, 1.807) is 18.2 Å². The van der Waals surface area contributed by atoms with Crippen LogP contribution in [0.15, 0.2) is 24.3 Å². The van der Waals surface area contributed by atoms with Crippen LogP contribution in [0, 0.1) is 0 Å². The molecule has 2 heterocycles. The number of hydrogen-bond donors (Lipinski definition) is 2. The van der Waals surface area contributed by atoms with E-state index < -0.39 is 30.2 Å². The lowest BCUT2D eigenvalue weighted by Gasteiger charge is -2.18. The number of aliphatic carboxylic acids is 1. The fourth-order valence-electron chi connectivity index (χ4n) is 3.04. The first-order chi connectivity index (χ1) is 11.9. The average Bonchev–Trinajstić information content (AvgIpc) is 3.25. The molecule has 2 unspecified atom stereocenters. The third kappa shape index (κ3) is 3.63. The van der Waals surface area contributed by atoms with Gasteiger partial charge in [-0.15, -0.1) is 0 Å². The van der Waals surface area contributed by atoms with E-state index in [9.17, 15) is 18.8 Å². The normalized spacial score (nSPS) is 25.8. The first kappa shape index (κ1) is 17.3. The number of nitrogens with zero attached hydrogens (tertiary/aromatic N) is 1. The number of alkyl halides is 1. The molecule has 2 fully saturated rings. The van der Waals surface area contributed by atoms with Crippen molar-refractivity contribution in [3.63, 3.8) is 0 Å². The van der Waals surface area contributed by atoms with Gasteiger partial charge < -0.3 is 20.1 Å². The van der Waals surface area contributed by atoms with E-state index in [-0.39, 0.29) is 24.4 Å². The highest BCUT2D eigenvalue weighted by Crippen LogP contribution is 2.27. The Bertz CT molecular complexity index is 704. The molecule has 7 nitrogen and oxygen atoms in total. The zero-order chi connectivity index (χ0) is 18.0. The number of carbonyl (C=O) groups excluding carboxylic acids is 2. The molecule has 2 N–H and O–H groups in total. The summed E-state index contributed by atoms with van der Waals surface area (Å²) in [4.78, 5) is 36.7. The topological polar surface area (TPSA) is 95.9 Å². The largest absolute Gasteiger partial charge is 0.479 e. The lowest BCUT2D eigenvalue weighted by molar-refractivity contribution is -0.149. The molecule has 8 heteroatoms. The third-order valence-electron chi connectivity index (χ3n) is 4.49. The summed E-state index contributed by atoms with van der Waals surface area (Å²) in [5, 5.41) is 11.6. The Balaban J connectivity index is 1.68. The monoisotopic (exact) mass is 350 g/mol. The number of hydrogen-bond acceptors (Lipinski definition) is 4. The molecular formula is C17H19FN2O5. The van der Waals surface area contributed by atoms with Crippen LogP contribution in [-0.4, -0.2) is 59.3 Å². The van der Waals surface area contributed by atoms with Gasteiger partial charge in [-0.05, 0) is 31.0 Å². The van der Waals surface area contributed by atoms with Crippen LogP contribution in [0.4, 0.5) is 10.1 Å². The van der Waals surface area contributed by atoms with Crippen molar-refractivity contribution in [3.05, 3.63) is 29.8 Å². The standard InChI is InChI=1S/C17H19FN2O5/c18-17(16(23)24)6-7-20(10-17)15(22)11-3-1-4-12(9-11)19-14(21)13-5-2-8-25-13/h1,3-4,9,13H,2,5-8,10H2,(H,19,21)(H,23,24). The van der Waals surface area contributed by atoms with Gasteiger partial charge in [-0.1, -0.05) is 6.07 Å². The van der Waals surface area contributed by atoms with E-state index in [0.717, 1.165) is 6.42 Å². The van der Waals surface area contributed by atoms with Gasteiger partial charge in [0.05, 0.1) is 6.54 Å². The quantitative estimate of drug-likeness (QED) is 0.857. The maximum absolute atomic E-state index is 14.1. The Morgan fingerprint density at radius 2 is 2.16 bits per heavy atom. The number of halogens is 1. The number of benzene rings is 1. The second-order valence-corrected chi connectivity index (χ2v) is 6.32. The number of rotatable bonds is 4. The number of amides is 2. The molecule has 0 aliphatic carbocycles. The molecule has 0 aromatic heterocycles. The van der Waals surface area contributed by atoms with E-state index >= 15 is 0 Å². The van der Waals surface area contributed by atoms with E-state index in [2.05, 4.69) is 5.32 Å². The molecule has 2 atom stereocenters. The predicted molar refractivity (Wildman–Crippen MR) is 86.0 cm³/mol. The molecule has 1 aromatic rings. The Kier molecular flexibility index (Phi) is 4.71. The number of carboxylic acids is 1. The third-order valence-corrected chi connectivity index (χ3v) is 4.49. The average molecular weight is 350 g/mol. The molecule has 2 saturated heterocycles. The highest BCUT2D eigenvalue weighted by atomic mass is 19.1. The van der Waals surface area contributed by atoms with Crippen molar-refractivity contribution in [2.24, 2.45) is 0 Å². The van der Waals surface area contributed by atoms with Gasteiger partial charge >= 0.3 is 5.97 Å². The number of anilines is 1. The maximum Gasteiger partial charge on any atom is 0.343 e. The molecule has 0 spiro atoms. The van der Waals surface area contributed by atoms with Crippen LogP contribution in [0.3, 0.4) is 0 Å². The smallest absolute Gasteiger partial charge is 0.343 e. The Labute approximate surface area is 143 Å². The van der Waals surface area contributed by atoms with Crippen molar-refractivity contribution in [1.29, 1.82) is 0 Å². The highest BCUT2D eigenvalue weighted by molar-refractivity contribution is 5.98. The molecule has 2 aliphatic heterocycles. The molecule has 25 heavy (non-hydrogen) atoms. The van der Waals surface area contributed by atoms with Crippen LogP contribution in [0.5, 0.6) is 0 Å². The maximum atomic E-state index is 14.1. The summed E-state index contributed by atoms with van der Waals surface area (Å²) in [5.41, 5.74) is -1.70. The van der Waals surface area contributed by atoms with Crippen LogP contribution >= 0.6 is 0 Å². The van der Waals surface area contributed by atoms with E-state index in [4.69, 9.17) is 9.84 Å². The predicted octanol–water partition coefficient (Wildman–Crippen LogP) is 1.44. The van der Waals surface area contributed by atoms with Crippen LogP contribution in [0.25, 0.3) is 0 Å². The van der Waals surface area contributed by atoms with Crippen LogP contribution in [0.1, 0.15) is 29.6 Å². The Morgan fingerprint density at radius 3 is 2.80 bits per heavy atom. The molecule has 0 bridgehead atoms. The fourth-order valence-corrected chi connectivity index (χ4v) is 3.04. The van der Waals surface area contributed by atoms with E-state index in [1.807, 2.05) is 0 Å². The highest BCUT2D eigenvalue weighted by Gasteiger charge is 2.47. The summed E-state index contributed by atoms with van der Waals surface area (Å²) >= 11 is 0. The Morgan fingerprint density at radius 1 is 1.36 bits per heavy atom. The second kappa shape index (κ2) is 6.79. The minimum Gasteiger partial charge on any atom is -0.479 e. The summed E-state index contributed by atoms with van der Waals surface area (Å²) in [6.07, 6.45) is 0.774. The van der Waals surface area contributed by atoms with Crippen molar-refractivity contribution in [2.75, 3.05) is 25.0 Å². The minimum atomic E-state index is -2.40. The molecule has 1 aromatic carbocycles. The summed E-state index contributed by atoms with van der Waals surface area (Å²) in [6, 6.07) is 6.29. The number of likely N-dealkylation sites (tertiary alicyclic amines) is 1. The molecule has 2 aliphatic rings. The molecular weight excluding hydrogens is 331 g/mol. The fraction of sp³-hybridized carbons (Fsp3) is 0.471. The van der Waals surface area contributed by atoms with Gasteiger partial charge in [0.1, 0.15) is 6.10 Å². The number of nitrogens with one attached hydrogen (secondary N) is 1. The lowest BCUT2D eigenvalue weighted by atomic mass is 10.1. The van der Waals surface area contributed by atoms with E-state index in [0.29, 0.717) is 18.7 Å². The summed E-state index contributed by atoms with van der Waals surface area (Å²) in [6.45, 7) is 0.113. The van der Waals surface area contributed by atoms with Crippen molar-refractivity contribution in [2.45, 2.75) is 31.0 Å². The van der Waals surface area contributed by atoms with Gasteiger partial charge in [-0.2, -0.15) is 0 Å². The summed E-state index contributed by atoms with van der Waals surface area (Å²) in [7, 11) is 0. The van der Waals surface area contributed by atoms with Crippen LogP contribution in [0.2, 0.25) is 0 Å². The second-order valence-electron chi connectivity index (χ2n) is 6.32. The van der Waals surface area contributed by atoms with Crippen LogP contribution < -0.4 is 5.32 Å². The zero-order valence-corrected chi connectivity index (χ0v) is 13.5. The van der Waals surface area contributed by atoms with E-state index in [1.165, 1.54) is 11.0 Å². The first-order valence-electron chi connectivity index (χ1n) is 8.13. The Hall–Kier alpha value is -2.48. The molecule has 3 rings (SSSR count). The van der Waals surface area contributed by atoms with Gasteiger partial charge in [-0.25, -0.2) is 9.18 Å². The van der Waals surface area contributed by atoms with Crippen molar-refractivity contribution in [1.82, 2.24) is 4.90 Å². The zero-order valence-electron chi connectivity index (χ0n) is 13.5. The SMILES string of the molecule is O=C(Nc1cccc(C(=O)N2CCC(F)(C(=O)O)C2)c1)C1CCCO1. The number of carbonyl (C=O) groups is 3. The van der Waals surface area contributed by atoms with Crippen molar-refractivity contribution >= 4 is 23.5 Å². The molecule has 134 valence electrons. The van der Waals surface area contributed by atoms with Crippen molar-refractivity contribution < 1.29 is 28.6 Å².